The van der Waals surface area contributed by atoms with Crippen LogP contribution in [0.2, 0.25) is 0 Å². The third-order valence-corrected chi connectivity index (χ3v) is 4.80. The van der Waals surface area contributed by atoms with Crippen LogP contribution in [0.3, 0.4) is 0 Å². The third-order valence-electron chi connectivity index (χ3n) is 4.80. The second-order valence-corrected chi connectivity index (χ2v) is 8.08. The Morgan fingerprint density at radius 1 is 1.15 bits per heavy atom. The van der Waals surface area contributed by atoms with Gasteiger partial charge in [-0.3, -0.25) is 14.4 Å². The van der Waals surface area contributed by atoms with E-state index in [1.54, 1.807) is 24.3 Å². The molecule has 1 saturated carbocycles. The maximum absolute atomic E-state index is 12.6. The SMILES string of the molecule is CC1CC(C(=O)Nc2ccc(C(=O)NCCC(=O)O)cc2)CC(C)(C)C1. The van der Waals surface area contributed by atoms with Crippen LogP contribution in [0.25, 0.3) is 0 Å². The number of carboxylic acid groups (broad SMARTS) is 1. The van der Waals surface area contributed by atoms with Gasteiger partial charge in [0.1, 0.15) is 0 Å². The Balaban J connectivity index is 1.91. The molecular weight excluding hydrogens is 332 g/mol. The molecule has 1 fully saturated rings. The van der Waals surface area contributed by atoms with Gasteiger partial charge in [0.2, 0.25) is 5.91 Å². The van der Waals surface area contributed by atoms with E-state index in [2.05, 4.69) is 31.4 Å². The van der Waals surface area contributed by atoms with E-state index in [0.717, 1.165) is 19.3 Å². The summed E-state index contributed by atoms with van der Waals surface area (Å²) >= 11 is 0. The zero-order valence-electron chi connectivity index (χ0n) is 15.7. The number of rotatable bonds is 6. The van der Waals surface area contributed by atoms with E-state index in [4.69, 9.17) is 5.11 Å². The van der Waals surface area contributed by atoms with Crippen LogP contribution in [0.4, 0.5) is 5.69 Å². The Morgan fingerprint density at radius 2 is 1.81 bits per heavy atom. The van der Waals surface area contributed by atoms with Crippen molar-refractivity contribution in [1.29, 1.82) is 0 Å². The summed E-state index contributed by atoms with van der Waals surface area (Å²) in [6.07, 6.45) is 2.81. The smallest absolute Gasteiger partial charge is 0.305 e. The van der Waals surface area contributed by atoms with Gasteiger partial charge in [0, 0.05) is 23.7 Å². The van der Waals surface area contributed by atoms with Crippen LogP contribution in [0.5, 0.6) is 0 Å². The molecule has 0 saturated heterocycles. The minimum atomic E-state index is -0.955. The van der Waals surface area contributed by atoms with Gasteiger partial charge in [0.25, 0.3) is 5.91 Å². The van der Waals surface area contributed by atoms with E-state index in [-0.39, 0.29) is 36.1 Å². The maximum atomic E-state index is 12.6. The van der Waals surface area contributed by atoms with Gasteiger partial charge in [-0.2, -0.15) is 0 Å². The van der Waals surface area contributed by atoms with E-state index < -0.39 is 5.97 Å². The van der Waals surface area contributed by atoms with Crippen molar-refractivity contribution < 1.29 is 19.5 Å². The fourth-order valence-corrected chi connectivity index (χ4v) is 3.88. The molecule has 2 amide bonds. The van der Waals surface area contributed by atoms with E-state index in [9.17, 15) is 14.4 Å². The fourth-order valence-electron chi connectivity index (χ4n) is 3.88. The summed E-state index contributed by atoms with van der Waals surface area (Å²) in [4.78, 5) is 35.0. The molecule has 2 atom stereocenters. The second kappa shape index (κ2) is 8.34. The van der Waals surface area contributed by atoms with E-state index in [0.29, 0.717) is 17.2 Å². The Labute approximate surface area is 154 Å². The number of hydrogen-bond donors (Lipinski definition) is 3. The normalized spacial score (nSPS) is 21.7. The Bertz CT molecular complexity index is 667. The monoisotopic (exact) mass is 360 g/mol. The third kappa shape index (κ3) is 5.86. The largest absolute Gasteiger partial charge is 0.481 e. The molecular formula is C20H28N2O4. The predicted octanol–water partition coefficient (Wildman–Crippen LogP) is 3.29. The molecule has 0 aromatic heterocycles. The van der Waals surface area contributed by atoms with Crippen LogP contribution >= 0.6 is 0 Å². The minimum absolute atomic E-state index is 0.00717. The lowest BCUT2D eigenvalue weighted by atomic mass is 9.68. The molecule has 0 aliphatic heterocycles. The van der Waals surface area contributed by atoms with Crippen LogP contribution < -0.4 is 10.6 Å². The molecule has 1 aromatic carbocycles. The van der Waals surface area contributed by atoms with Crippen LogP contribution in [-0.2, 0) is 9.59 Å². The van der Waals surface area contributed by atoms with Crippen LogP contribution in [-0.4, -0.2) is 29.4 Å². The number of carbonyl (C=O) groups is 3. The second-order valence-electron chi connectivity index (χ2n) is 8.08. The minimum Gasteiger partial charge on any atom is -0.481 e. The van der Waals surface area contributed by atoms with Gasteiger partial charge in [-0.05, 0) is 54.9 Å². The average Bonchev–Trinajstić information content (AvgIpc) is 2.53. The molecule has 0 heterocycles. The first-order chi connectivity index (χ1) is 12.2. The van der Waals surface area contributed by atoms with Crippen LogP contribution in [0.15, 0.2) is 24.3 Å². The highest BCUT2D eigenvalue weighted by molar-refractivity contribution is 5.96. The molecule has 1 aliphatic carbocycles. The molecule has 6 heteroatoms. The van der Waals surface area contributed by atoms with Crippen LogP contribution in [0, 0.1) is 17.3 Å². The van der Waals surface area contributed by atoms with Gasteiger partial charge in [-0.1, -0.05) is 20.8 Å². The van der Waals surface area contributed by atoms with Crippen molar-refractivity contribution in [1.82, 2.24) is 5.32 Å². The molecule has 6 nitrogen and oxygen atoms in total. The van der Waals surface area contributed by atoms with Crippen molar-refractivity contribution in [3.8, 4) is 0 Å². The Kier molecular flexibility index (Phi) is 6.40. The molecule has 1 aromatic rings. The van der Waals surface area contributed by atoms with Gasteiger partial charge < -0.3 is 15.7 Å². The van der Waals surface area contributed by atoms with Crippen LogP contribution in [0.1, 0.15) is 56.8 Å². The number of nitrogens with one attached hydrogen (secondary N) is 2. The number of amides is 2. The summed E-state index contributed by atoms with van der Waals surface area (Å²) in [5.74, 6) is -0.710. The van der Waals surface area contributed by atoms with Gasteiger partial charge in [0.15, 0.2) is 0 Å². The standard InChI is InChI=1S/C20H28N2O4/c1-13-10-15(12-20(2,3)11-13)19(26)22-16-6-4-14(5-7-16)18(25)21-9-8-17(23)24/h4-7,13,15H,8-12H2,1-3H3,(H,21,25)(H,22,26)(H,23,24). The fraction of sp³-hybridized carbons (Fsp3) is 0.550. The number of benzene rings is 1. The first kappa shape index (κ1) is 19.9. The first-order valence-corrected chi connectivity index (χ1v) is 9.07. The number of carboxylic acids is 1. The molecule has 0 radical (unpaired) electrons. The van der Waals surface area contributed by atoms with Crippen molar-refractivity contribution in [2.24, 2.45) is 17.3 Å². The zero-order valence-corrected chi connectivity index (χ0v) is 15.7. The van der Waals surface area contributed by atoms with Gasteiger partial charge in [-0.15, -0.1) is 0 Å². The molecule has 2 unspecified atom stereocenters. The highest BCUT2D eigenvalue weighted by Gasteiger charge is 2.35. The highest BCUT2D eigenvalue weighted by atomic mass is 16.4. The Hall–Kier alpha value is -2.37. The lowest BCUT2D eigenvalue weighted by molar-refractivity contribution is -0.136. The maximum Gasteiger partial charge on any atom is 0.305 e. The summed E-state index contributed by atoms with van der Waals surface area (Å²) in [5, 5.41) is 14.1. The predicted molar refractivity (Wildman–Crippen MR) is 99.9 cm³/mol. The summed E-state index contributed by atoms with van der Waals surface area (Å²) < 4.78 is 0. The van der Waals surface area contributed by atoms with E-state index >= 15 is 0 Å². The van der Waals surface area contributed by atoms with E-state index in [1.165, 1.54) is 0 Å². The van der Waals surface area contributed by atoms with Crippen molar-refractivity contribution in [2.75, 3.05) is 11.9 Å². The molecule has 26 heavy (non-hydrogen) atoms. The molecule has 0 bridgehead atoms. The van der Waals surface area contributed by atoms with Gasteiger partial charge in [0.05, 0.1) is 6.42 Å². The number of carbonyl (C=O) groups excluding carboxylic acids is 2. The number of anilines is 1. The zero-order chi connectivity index (χ0) is 19.3. The topological polar surface area (TPSA) is 95.5 Å². The van der Waals surface area contributed by atoms with E-state index in [1.807, 2.05) is 0 Å². The summed E-state index contributed by atoms with van der Waals surface area (Å²) in [7, 11) is 0. The highest BCUT2D eigenvalue weighted by Crippen LogP contribution is 2.41. The lowest BCUT2D eigenvalue weighted by Gasteiger charge is -2.38. The number of aliphatic carboxylic acids is 1. The first-order valence-electron chi connectivity index (χ1n) is 9.07. The molecule has 3 N–H and O–H groups in total. The van der Waals surface area contributed by atoms with Gasteiger partial charge >= 0.3 is 5.97 Å². The lowest BCUT2D eigenvalue weighted by Crippen LogP contribution is -2.34. The van der Waals surface area contributed by atoms with Crippen molar-refractivity contribution in [2.45, 2.75) is 46.5 Å². The molecule has 2 rings (SSSR count). The number of hydrogen-bond acceptors (Lipinski definition) is 3. The van der Waals surface area contributed by atoms with Crippen molar-refractivity contribution in [3.63, 3.8) is 0 Å². The Morgan fingerprint density at radius 3 is 2.38 bits per heavy atom. The van der Waals surface area contributed by atoms with Gasteiger partial charge in [-0.25, -0.2) is 0 Å². The quantitative estimate of drug-likeness (QED) is 0.725. The summed E-state index contributed by atoms with van der Waals surface area (Å²) in [6, 6.07) is 6.64. The molecule has 142 valence electrons. The van der Waals surface area contributed by atoms with Crippen molar-refractivity contribution in [3.05, 3.63) is 29.8 Å². The summed E-state index contributed by atoms with van der Waals surface area (Å²) in [5.41, 5.74) is 1.27. The average molecular weight is 360 g/mol. The van der Waals surface area contributed by atoms with Crippen molar-refractivity contribution >= 4 is 23.5 Å². The molecule has 0 spiro atoms. The molecule has 1 aliphatic rings. The summed E-state index contributed by atoms with van der Waals surface area (Å²) in [6.45, 7) is 6.70.